The number of aryl methyl sites for hydroxylation is 1. The fraction of sp³-hybridized carbons (Fsp3) is 0.357. The Hall–Kier alpha value is -1.33. The highest BCUT2D eigenvalue weighted by Gasteiger charge is 2.16. The highest BCUT2D eigenvalue weighted by atomic mass is 32.1. The Balaban J connectivity index is 2.23. The van der Waals surface area contributed by atoms with E-state index < -0.39 is 11.6 Å². The van der Waals surface area contributed by atoms with Crippen LogP contribution in [0, 0.1) is 18.6 Å². The number of hydrogen-bond donors (Lipinski definition) is 1. The molecular weight excluding hydrogens is 266 g/mol. The molecule has 2 aromatic rings. The van der Waals surface area contributed by atoms with E-state index >= 15 is 0 Å². The number of benzene rings is 1. The molecule has 0 fully saturated rings. The molecule has 1 heterocycles. The number of halogens is 2. The minimum absolute atomic E-state index is 0.0405. The van der Waals surface area contributed by atoms with Crippen LogP contribution in [-0.2, 0) is 6.42 Å². The first kappa shape index (κ1) is 14.1. The smallest absolute Gasteiger partial charge is 0.126 e. The molecule has 0 amide bonds. The van der Waals surface area contributed by atoms with Gasteiger partial charge >= 0.3 is 0 Å². The Kier molecular flexibility index (Phi) is 4.61. The Morgan fingerprint density at radius 1 is 1.26 bits per heavy atom. The Labute approximate surface area is 115 Å². The second kappa shape index (κ2) is 6.21. The van der Waals surface area contributed by atoms with Crippen molar-refractivity contribution < 1.29 is 8.78 Å². The number of hydrogen-bond acceptors (Lipinski definition) is 3. The number of aromatic nitrogens is 1. The number of nitrogens with zero attached hydrogens (tertiary/aromatic N) is 1. The van der Waals surface area contributed by atoms with Crippen molar-refractivity contribution in [3.8, 4) is 0 Å². The first-order valence-electron chi connectivity index (χ1n) is 6.18. The van der Waals surface area contributed by atoms with Gasteiger partial charge in [-0.25, -0.2) is 13.8 Å². The lowest BCUT2D eigenvalue weighted by Gasteiger charge is -2.17. The van der Waals surface area contributed by atoms with Gasteiger partial charge in [-0.3, -0.25) is 0 Å². The van der Waals surface area contributed by atoms with Crippen LogP contribution >= 0.6 is 11.3 Å². The van der Waals surface area contributed by atoms with E-state index in [0.29, 0.717) is 12.0 Å². The molecule has 1 N–H and O–H groups in total. The summed E-state index contributed by atoms with van der Waals surface area (Å²) in [6.45, 7) is 4.75. The highest BCUT2D eigenvalue weighted by Crippen LogP contribution is 2.25. The maximum absolute atomic E-state index is 13.2. The van der Waals surface area contributed by atoms with Crippen LogP contribution in [0.5, 0.6) is 0 Å². The molecule has 0 bridgehead atoms. The molecule has 1 atom stereocenters. The highest BCUT2D eigenvalue weighted by molar-refractivity contribution is 7.09. The van der Waals surface area contributed by atoms with Crippen LogP contribution in [0.4, 0.5) is 8.78 Å². The van der Waals surface area contributed by atoms with Crippen molar-refractivity contribution in [2.45, 2.75) is 26.3 Å². The molecule has 0 radical (unpaired) electrons. The summed E-state index contributed by atoms with van der Waals surface area (Å²) in [5, 5.41) is 3.34. The van der Waals surface area contributed by atoms with E-state index in [4.69, 9.17) is 0 Å². The average molecular weight is 282 g/mol. The van der Waals surface area contributed by atoms with Gasteiger partial charge in [-0.05, 0) is 37.6 Å². The van der Waals surface area contributed by atoms with Crippen molar-refractivity contribution in [1.82, 2.24) is 10.3 Å². The zero-order valence-corrected chi connectivity index (χ0v) is 11.7. The minimum atomic E-state index is -0.536. The van der Waals surface area contributed by atoms with Crippen LogP contribution in [0.2, 0.25) is 0 Å². The zero-order chi connectivity index (χ0) is 13.8. The Bertz CT molecular complexity index is 534. The molecule has 2 rings (SSSR count). The van der Waals surface area contributed by atoms with E-state index in [0.717, 1.165) is 23.2 Å². The van der Waals surface area contributed by atoms with Crippen molar-refractivity contribution >= 4 is 11.3 Å². The summed E-state index contributed by atoms with van der Waals surface area (Å²) in [4.78, 5) is 5.34. The molecular formula is C14H16F2N2S. The molecule has 0 saturated carbocycles. The second-order valence-corrected chi connectivity index (χ2v) is 5.28. The molecule has 1 aromatic heterocycles. The summed E-state index contributed by atoms with van der Waals surface area (Å²) >= 11 is 1.56. The van der Waals surface area contributed by atoms with Crippen molar-refractivity contribution in [1.29, 1.82) is 0 Å². The van der Waals surface area contributed by atoms with Gasteiger partial charge in [0.25, 0.3) is 0 Å². The lowest BCUT2D eigenvalue weighted by Crippen LogP contribution is -2.23. The summed E-state index contributed by atoms with van der Waals surface area (Å²) in [6.07, 6.45) is 0.547. The van der Waals surface area contributed by atoms with E-state index in [2.05, 4.69) is 10.3 Å². The number of rotatable bonds is 5. The van der Waals surface area contributed by atoms with Gasteiger partial charge < -0.3 is 5.32 Å². The van der Waals surface area contributed by atoms with E-state index in [1.54, 1.807) is 16.8 Å². The summed E-state index contributed by atoms with van der Waals surface area (Å²) in [5.74, 6) is -1.07. The van der Waals surface area contributed by atoms with E-state index in [-0.39, 0.29) is 6.04 Å². The predicted octanol–water partition coefficient (Wildman–Crippen LogP) is 3.62. The first-order valence-corrected chi connectivity index (χ1v) is 7.06. The summed E-state index contributed by atoms with van der Waals surface area (Å²) in [7, 11) is 0. The molecule has 19 heavy (non-hydrogen) atoms. The van der Waals surface area contributed by atoms with Gasteiger partial charge in [0.1, 0.15) is 11.6 Å². The maximum atomic E-state index is 13.2. The second-order valence-electron chi connectivity index (χ2n) is 4.39. The molecule has 2 nitrogen and oxygen atoms in total. The fourth-order valence-corrected chi connectivity index (χ4v) is 2.99. The minimum Gasteiger partial charge on any atom is -0.309 e. The quantitative estimate of drug-likeness (QED) is 0.906. The van der Waals surface area contributed by atoms with Crippen LogP contribution in [0.1, 0.15) is 29.1 Å². The van der Waals surface area contributed by atoms with E-state index in [9.17, 15) is 8.78 Å². The normalized spacial score (nSPS) is 12.6. The van der Waals surface area contributed by atoms with Crippen LogP contribution in [-0.4, -0.2) is 11.5 Å². The number of thiazole rings is 1. The van der Waals surface area contributed by atoms with Gasteiger partial charge in [0, 0.05) is 17.0 Å². The maximum Gasteiger partial charge on any atom is 0.126 e. The zero-order valence-electron chi connectivity index (χ0n) is 10.9. The third-order valence-electron chi connectivity index (χ3n) is 2.91. The molecule has 0 aliphatic rings. The van der Waals surface area contributed by atoms with E-state index in [1.165, 1.54) is 12.1 Å². The predicted molar refractivity (Wildman–Crippen MR) is 73.3 cm³/mol. The largest absolute Gasteiger partial charge is 0.309 e. The van der Waals surface area contributed by atoms with Crippen molar-refractivity contribution in [3.63, 3.8) is 0 Å². The van der Waals surface area contributed by atoms with Gasteiger partial charge in [0.05, 0.1) is 11.2 Å². The number of nitrogens with one attached hydrogen (secondary N) is 1. The standard InChI is InChI=1S/C14H16F2N2S/c1-3-17-13(14-9(2)18-8-19-14)6-10-4-11(15)7-12(16)5-10/h4-5,7-8,13,17H,3,6H2,1-2H3. The van der Waals surface area contributed by atoms with Gasteiger partial charge in [0.15, 0.2) is 0 Å². The Morgan fingerprint density at radius 3 is 2.47 bits per heavy atom. The molecule has 102 valence electrons. The van der Waals surface area contributed by atoms with E-state index in [1.807, 2.05) is 13.8 Å². The van der Waals surface area contributed by atoms with Crippen LogP contribution in [0.25, 0.3) is 0 Å². The molecule has 5 heteroatoms. The fourth-order valence-electron chi connectivity index (χ4n) is 2.11. The first-order chi connectivity index (χ1) is 9.10. The van der Waals surface area contributed by atoms with Gasteiger partial charge in [0.2, 0.25) is 0 Å². The lowest BCUT2D eigenvalue weighted by atomic mass is 10.0. The molecule has 0 spiro atoms. The molecule has 0 saturated heterocycles. The van der Waals surface area contributed by atoms with Crippen LogP contribution in [0.3, 0.4) is 0 Å². The van der Waals surface area contributed by atoms with Crippen molar-refractivity contribution in [3.05, 3.63) is 51.5 Å². The third kappa shape index (κ3) is 3.58. The third-order valence-corrected chi connectivity index (χ3v) is 3.96. The van der Waals surface area contributed by atoms with Crippen molar-refractivity contribution in [2.24, 2.45) is 0 Å². The SMILES string of the molecule is CCNC(Cc1cc(F)cc(F)c1)c1scnc1C. The number of likely N-dealkylation sites (N-methyl/N-ethyl adjacent to an activating group) is 1. The van der Waals surface area contributed by atoms with Gasteiger partial charge in [-0.1, -0.05) is 6.92 Å². The summed E-state index contributed by atoms with van der Waals surface area (Å²) in [6, 6.07) is 3.69. The summed E-state index contributed by atoms with van der Waals surface area (Å²) in [5.41, 5.74) is 3.41. The van der Waals surface area contributed by atoms with Crippen LogP contribution in [0.15, 0.2) is 23.7 Å². The van der Waals surface area contributed by atoms with Crippen molar-refractivity contribution in [2.75, 3.05) is 6.54 Å². The lowest BCUT2D eigenvalue weighted by molar-refractivity contribution is 0.543. The van der Waals surface area contributed by atoms with Crippen LogP contribution < -0.4 is 5.32 Å². The molecule has 1 unspecified atom stereocenters. The molecule has 0 aliphatic heterocycles. The van der Waals surface area contributed by atoms with Gasteiger partial charge in [-0.15, -0.1) is 11.3 Å². The average Bonchev–Trinajstić information content (AvgIpc) is 2.73. The topological polar surface area (TPSA) is 24.9 Å². The monoisotopic (exact) mass is 282 g/mol. The summed E-state index contributed by atoms with van der Waals surface area (Å²) < 4.78 is 26.4. The van der Waals surface area contributed by atoms with Gasteiger partial charge in [-0.2, -0.15) is 0 Å². The Morgan fingerprint density at radius 2 is 1.95 bits per heavy atom. The molecule has 1 aromatic carbocycles. The molecule has 0 aliphatic carbocycles.